The monoisotopic (exact) mass is 267 g/mol. The van der Waals surface area contributed by atoms with Crippen LogP contribution >= 0.6 is 11.8 Å². The number of halogens is 1. The highest BCUT2D eigenvalue weighted by atomic mass is 32.2. The Balaban J connectivity index is 2.36. The minimum absolute atomic E-state index is 0.146. The summed E-state index contributed by atoms with van der Waals surface area (Å²) in [4.78, 5) is 24.9. The van der Waals surface area contributed by atoms with E-state index < -0.39 is 17.5 Å². The first kappa shape index (κ1) is 13.1. The fourth-order valence-electron chi connectivity index (χ4n) is 2.03. The number of ketones is 1. The second-order valence-corrected chi connectivity index (χ2v) is 5.52. The van der Waals surface area contributed by atoms with Gasteiger partial charge >= 0.3 is 0 Å². The molecule has 0 unspecified atom stereocenters. The molecule has 1 aromatic rings. The second kappa shape index (κ2) is 5.10. The van der Waals surface area contributed by atoms with E-state index in [-0.39, 0.29) is 11.3 Å². The smallest absolute Gasteiger partial charge is 0.299 e. The maximum atomic E-state index is 13.9. The van der Waals surface area contributed by atoms with Crippen molar-refractivity contribution in [3.63, 3.8) is 0 Å². The van der Waals surface area contributed by atoms with Crippen molar-refractivity contribution in [3.05, 3.63) is 29.1 Å². The minimum Gasteiger partial charge on any atom is -0.301 e. The summed E-state index contributed by atoms with van der Waals surface area (Å²) < 4.78 is 13.9. The molecular weight excluding hydrogens is 253 g/mol. The highest BCUT2D eigenvalue weighted by Crippen LogP contribution is 2.32. The molecule has 1 heterocycles. The summed E-state index contributed by atoms with van der Waals surface area (Å²) in [6.45, 7) is 4.09. The molecule has 96 valence electrons. The summed E-state index contributed by atoms with van der Waals surface area (Å²) in [5.74, 6) is -0.0902. The number of thioether (sulfide) groups is 1. The zero-order valence-electron chi connectivity index (χ0n) is 10.3. The molecule has 0 radical (unpaired) electrons. The first-order chi connectivity index (χ1) is 8.56. The Morgan fingerprint density at radius 1 is 1.33 bits per heavy atom. The molecule has 0 saturated carbocycles. The van der Waals surface area contributed by atoms with Crippen LogP contribution in [0.25, 0.3) is 0 Å². The maximum Gasteiger partial charge on any atom is 0.299 e. The normalized spacial score (nSPS) is 14.3. The van der Waals surface area contributed by atoms with Crippen molar-refractivity contribution in [1.82, 2.24) is 0 Å². The number of aryl methyl sites for hydroxylation is 1. The number of fused-ring (bicyclic) bond motifs is 1. The summed E-state index contributed by atoms with van der Waals surface area (Å²) in [7, 11) is 0. The van der Waals surface area contributed by atoms with Gasteiger partial charge in [0.2, 0.25) is 0 Å². The van der Waals surface area contributed by atoms with E-state index in [0.29, 0.717) is 17.9 Å². The standard InChI is InChI=1S/C13H14FNO2S/c1-3-18-5-4-15-11-9(12(16)13(15)17)6-8(2)7-10(11)14/h6-7H,3-5H2,1-2H3. The number of rotatable bonds is 4. The molecule has 1 aliphatic heterocycles. The van der Waals surface area contributed by atoms with Gasteiger partial charge < -0.3 is 4.90 Å². The predicted octanol–water partition coefficient (Wildman–Crippen LogP) is 2.42. The molecule has 0 N–H and O–H groups in total. The van der Waals surface area contributed by atoms with Gasteiger partial charge in [-0.3, -0.25) is 9.59 Å². The van der Waals surface area contributed by atoms with Crippen LogP contribution in [-0.4, -0.2) is 29.7 Å². The number of benzene rings is 1. The third kappa shape index (κ3) is 2.14. The Morgan fingerprint density at radius 3 is 2.72 bits per heavy atom. The minimum atomic E-state index is -0.619. The van der Waals surface area contributed by atoms with Gasteiger partial charge in [-0.15, -0.1) is 0 Å². The molecule has 0 fully saturated rings. The number of hydrogen-bond donors (Lipinski definition) is 0. The number of nitrogens with zero attached hydrogens (tertiary/aromatic N) is 1. The molecule has 0 bridgehead atoms. The van der Waals surface area contributed by atoms with Crippen molar-refractivity contribution in [2.45, 2.75) is 13.8 Å². The summed E-state index contributed by atoms with van der Waals surface area (Å²) in [6.07, 6.45) is 0. The second-order valence-electron chi connectivity index (χ2n) is 4.13. The van der Waals surface area contributed by atoms with E-state index in [1.807, 2.05) is 6.92 Å². The van der Waals surface area contributed by atoms with E-state index in [4.69, 9.17) is 0 Å². The highest BCUT2D eigenvalue weighted by molar-refractivity contribution is 7.99. The van der Waals surface area contributed by atoms with Gasteiger partial charge in [-0.1, -0.05) is 6.92 Å². The molecule has 0 aromatic heterocycles. The van der Waals surface area contributed by atoms with Crippen molar-refractivity contribution in [2.24, 2.45) is 0 Å². The van der Waals surface area contributed by atoms with E-state index in [0.717, 1.165) is 5.75 Å². The zero-order chi connectivity index (χ0) is 13.3. The van der Waals surface area contributed by atoms with E-state index in [2.05, 4.69) is 0 Å². The van der Waals surface area contributed by atoms with E-state index in [1.165, 1.54) is 11.0 Å². The van der Waals surface area contributed by atoms with E-state index in [1.54, 1.807) is 24.8 Å². The molecule has 0 spiro atoms. The van der Waals surface area contributed by atoms with Gasteiger partial charge in [0.1, 0.15) is 5.82 Å². The Bertz CT molecular complexity index is 516. The van der Waals surface area contributed by atoms with Crippen LogP contribution in [0, 0.1) is 12.7 Å². The molecular formula is C13H14FNO2S. The molecule has 0 atom stereocenters. The SMILES string of the molecule is CCSCCN1C(=O)C(=O)c2cc(C)cc(F)c21. The quantitative estimate of drug-likeness (QED) is 0.621. The van der Waals surface area contributed by atoms with Crippen LogP contribution in [0.5, 0.6) is 0 Å². The Kier molecular flexibility index (Phi) is 3.71. The summed E-state index contributed by atoms with van der Waals surface area (Å²) >= 11 is 1.65. The first-order valence-electron chi connectivity index (χ1n) is 5.80. The van der Waals surface area contributed by atoms with Gasteiger partial charge in [0.05, 0.1) is 11.3 Å². The lowest BCUT2D eigenvalue weighted by Gasteiger charge is -2.16. The van der Waals surface area contributed by atoms with Crippen LogP contribution in [0.2, 0.25) is 0 Å². The number of Topliss-reactive ketones (excluding diaryl/α,β-unsaturated/α-hetero) is 1. The van der Waals surface area contributed by atoms with Crippen LogP contribution in [0.3, 0.4) is 0 Å². The van der Waals surface area contributed by atoms with Crippen LogP contribution in [-0.2, 0) is 4.79 Å². The van der Waals surface area contributed by atoms with E-state index in [9.17, 15) is 14.0 Å². The molecule has 1 aromatic carbocycles. The van der Waals surface area contributed by atoms with Crippen molar-refractivity contribution in [3.8, 4) is 0 Å². The molecule has 0 aliphatic carbocycles. The molecule has 18 heavy (non-hydrogen) atoms. The lowest BCUT2D eigenvalue weighted by Crippen LogP contribution is -2.32. The topological polar surface area (TPSA) is 37.4 Å². The summed E-state index contributed by atoms with van der Waals surface area (Å²) in [5.41, 5.74) is 0.989. The van der Waals surface area contributed by atoms with Crippen molar-refractivity contribution < 1.29 is 14.0 Å². The lowest BCUT2D eigenvalue weighted by molar-refractivity contribution is -0.114. The molecule has 1 aliphatic rings. The zero-order valence-corrected chi connectivity index (χ0v) is 11.1. The van der Waals surface area contributed by atoms with Crippen LogP contribution in [0.4, 0.5) is 10.1 Å². The summed E-state index contributed by atoms with van der Waals surface area (Å²) in [6, 6.07) is 2.93. The van der Waals surface area contributed by atoms with Gasteiger partial charge in [-0.2, -0.15) is 11.8 Å². The molecule has 3 nitrogen and oxygen atoms in total. The Labute approximate surface area is 109 Å². The van der Waals surface area contributed by atoms with Gasteiger partial charge in [-0.05, 0) is 30.4 Å². The van der Waals surface area contributed by atoms with Crippen molar-refractivity contribution in [1.29, 1.82) is 0 Å². The average molecular weight is 267 g/mol. The number of carbonyl (C=O) groups excluding carboxylic acids is 2. The van der Waals surface area contributed by atoms with Crippen LogP contribution in [0.15, 0.2) is 12.1 Å². The fraction of sp³-hybridized carbons (Fsp3) is 0.385. The van der Waals surface area contributed by atoms with Gasteiger partial charge in [-0.25, -0.2) is 4.39 Å². The number of anilines is 1. The van der Waals surface area contributed by atoms with Gasteiger partial charge in [0, 0.05) is 12.3 Å². The lowest BCUT2D eigenvalue weighted by atomic mass is 10.1. The average Bonchev–Trinajstić information content (AvgIpc) is 2.55. The molecule has 5 heteroatoms. The molecule has 2 rings (SSSR count). The van der Waals surface area contributed by atoms with Crippen molar-refractivity contribution >= 4 is 29.1 Å². The van der Waals surface area contributed by atoms with Crippen LogP contribution < -0.4 is 4.90 Å². The first-order valence-corrected chi connectivity index (χ1v) is 6.95. The Hall–Kier alpha value is -1.36. The summed E-state index contributed by atoms with van der Waals surface area (Å²) in [5, 5.41) is 0. The predicted molar refractivity (Wildman–Crippen MR) is 70.8 cm³/mol. The van der Waals surface area contributed by atoms with Gasteiger partial charge in [0.25, 0.3) is 11.7 Å². The van der Waals surface area contributed by atoms with E-state index >= 15 is 0 Å². The molecule has 0 saturated heterocycles. The van der Waals surface area contributed by atoms with Crippen molar-refractivity contribution in [2.75, 3.05) is 23.0 Å². The van der Waals surface area contributed by atoms with Gasteiger partial charge in [0.15, 0.2) is 0 Å². The maximum absolute atomic E-state index is 13.9. The third-order valence-corrected chi connectivity index (χ3v) is 3.70. The highest BCUT2D eigenvalue weighted by Gasteiger charge is 2.37. The number of amides is 1. The van der Waals surface area contributed by atoms with Crippen LogP contribution in [0.1, 0.15) is 22.8 Å². The molecule has 1 amide bonds. The fourth-order valence-corrected chi connectivity index (χ4v) is 2.64. The Morgan fingerprint density at radius 2 is 2.06 bits per heavy atom. The largest absolute Gasteiger partial charge is 0.301 e. The third-order valence-electron chi connectivity index (χ3n) is 2.83. The number of carbonyl (C=O) groups is 2. The number of hydrogen-bond acceptors (Lipinski definition) is 3.